The number of carbonyl (C=O) groups excluding carboxylic acids is 1. The first-order valence-corrected chi connectivity index (χ1v) is 9.98. The summed E-state index contributed by atoms with van der Waals surface area (Å²) in [7, 11) is 1.99. The minimum Gasteiger partial charge on any atom is -0.372 e. The maximum absolute atomic E-state index is 12.5. The zero-order chi connectivity index (χ0) is 20.6. The predicted molar refractivity (Wildman–Crippen MR) is 121 cm³/mol. The van der Waals surface area contributed by atoms with Gasteiger partial charge in [-0.25, -0.2) is 4.98 Å². The molecule has 1 heterocycles. The summed E-state index contributed by atoms with van der Waals surface area (Å²) in [5.74, 6) is 0.666. The Morgan fingerprint density at radius 2 is 1.62 bits per heavy atom. The number of amides is 1. The van der Waals surface area contributed by atoms with Gasteiger partial charge in [-0.05, 0) is 55.8 Å². The van der Waals surface area contributed by atoms with E-state index < -0.39 is 0 Å². The summed E-state index contributed by atoms with van der Waals surface area (Å²) < 4.78 is 0. The molecule has 29 heavy (non-hydrogen) atoms. The number of pyridine rings is 1. The molecule has 1 amide bonds. The molecule has 0 fully saturated rings. The fourth-order valence-electron chi connectivity index (χ4n) is 3.23. The molecule has 0 saturated heterocycles. The fraction of sp³-hybridized carbons (Fsp3) is 0.250. The summed E-state index contributed by atoms with van der Waals surface area (Å²) in [6.45, 7) is 6.94. The van der Waals surface area contributed by atoms with Crippen molar-refractivity contribution in [2.45, 2.75) is 20.4 Å². The van der Waals surface area contributed by atoms with Crippen molar-refractivity contribution in [1.82, 2.24) is 4.98 Å². The van der Waals surface area contributed by atoms with Gasteiger partial charge in [0.25, 0.3) is 5.91 Å². The van der Waals surface area contributed by atoms with Gasteiger partial charge in [-0.15, -0.1) is 0 Å². The van der Waals surface area contributed by atoms with Gasteiger partial charge in [0, 0.05) is 44.3 Å². The van der Waals surface area contributed by atoms with Crippen LogP contribution in [0.3, 0.4) is 0 Å². The van der Waals surface area contributed by atoms with E-state index in [0.717, 1.165) is 36.8 Å². The van der Waals surface area contributed by atoms with Crippen molar-refractivity contribution in [3.8, 4) is 0 Å². The molecule has 0 saturated carbocycles. The Bertz CT molecular complexity index is 904. The minimum atomic E-state index is -0.162. The largest absolute Gasteiger partial charge is 0.372 e. The van der Waals surface area contributed by atoms with Gasteiger partial charge in [0.05, 0.1) is 5.56 Å². The van der Waals surface area contributed by atoms with Gasteiger partial charge >= 0.3 is 0 Å². The summed E-state index contributed by atoms with van der Waals surface area (Å²) >= 11 is 0. The van der Waals surface area contributed by atoms with Gasteiger partial charge < -0.3 is 15.1 Å². The number of rotatable bonds is 8. The molecule has 0 aliphatic rings. The van der Waals surface area contributed by atoms with Crippen LogP contribution in [0.1, 0.15) is 29.8 Å². The molecule has 2 aromatic carbocycles. The molecule has 0 bridgehead atoms. The van der Waals surface area contributed by atoms with Gasteiger partial charge in [-0.2, -0.15) is 0 Å². The van der Waals surface area contributed by atoms with Crippen LogP contribution in [-0.2, 0) is 6.54 Å². The highest BCUT2D eigenvalue weighted by Gasteiger charge is 2.09. The fourth-order valence-corrected chi connectivity index (χ4v) is 3.23. The molecule has 5 heteroatoms. The van der Waals surface area contributed by atoms with Gasteiger partial charge in [-0.3, -0.25) is 4.79 Å². The first kappa shape index (κ1) is 20.4. The Balaban J connectivity index is 1.61. The number of nitrogens with one attached hydrogen (secondary N) is 1. The number of nitrogens with zero attached hydrogens (tertiary/aromatic N) is 3. The Morgan fingerprint density at radius 3 is 2.21 bits per heavy atom. The molecule has 0 aliphatic carbocycles. The molecule has 5 nitrogen and oxygen atoms in total. The third-order valence-corrected chi connectivity index (χ3v) is 4.92. The summed E-state index contributed by atoms with van der Waals surface area (Å²) in [6, 6.07) is 21.8. The highest BCUT2D eigenvalue weighted by atomic mass is 16.1. The highest BCUT2D eigenvalue weighted by Crippen LogP contribution is 2.19. The van der Waals surface area contributed by atoms with Gasteiger partial charge in [0.2, 0.25) is 0 Å². The van der Waals surface area contributed by atoms with Gasteiger partial charge in [-0.1, -0.05) is 30.3 Å². The number of anilines is 3. The number of benzene rings is 2. The normalized spacial score (nSPS) is 10.4. The third-order valence-electron chi connectivity index (χ3n) is 4.92. The first-order chi connectivity index (χ1) is 14.1. The Morgan fingerprint density at radius 1 is 0.931 bits per heavy atom. The predicted octanol–water partition coefficient (Wildman–Crippen LogP) is 4.82. The monoisotopic (exact) mass is 388 g/mol. The molecule has 0 spiro atoms. The van der Waals surface area contributed by atoms with E-state index in [0.29, 0.717) is 5.56 Å². The van der Waals surface area contributed by atoms with E-state index in [4.69, 9.17) is 0 Å². The SMILES string of the molecule is CCN(CC)c1ccc(NC(=O)c2ccc(N(C)Cc3ccccc3)nc2)cc1. The lowest BCUT2D eigenvalue weighted by Gasteiger charge is -2.21. The molecular weight excluding hydrogens is 360 g/mol. The number of hydrogen-bond acceptors (Lipinski definition) is 4. The number of hydrogen-bond donors (Lipinski definition) is 1. The topological polar surface area (TPSA) is 48.5 Å². The lowest BCUT2D eigenvalue weighted by molar-refractivity contribution is 0.102. The molecule has 0 unspecified atom stereocenters. The standard InChI is InChI=1S/C24H28N4O/c1-4-28(5-2)22-14-12-21(13-15-22)26-24(29)20-11-16-23(25-17-20)27(3)18-19-9-7-6-8-10-19/h6-17H,4-5,18H2,1-3H3,(H,26,29). The van der Waals surface area contributed by atoms with Crippen molar-refractivity contribution in [3.05, 3.63) is 84.1 Å². The smallest absolute Gasteiger partial charge is 0.257 e. The zero-order valence-corrected chi connectivity index (χ0v) is 17.3. The molecule has 1 aromatic heterocycles. The van der Waals surface area contributed by atoms with E-state index in [9.17, 15) is 4.79 Å². The minimum absolute atomic E-state index is 0.162. The Labute approximate surface area is 173 Å². The molecule has 3 rings (SSSR count). The average Bonchev–Trinajstić information content (AvgIpc) is 2.76. The number of aromatic nitrogens is 1. The van der Waals surface area contributed by atoms with E-state index >= 15 is 0 Å². The van der Waals surface area contributed by atoms with E-state index in [1.807, 2.05) is 61.6 Å². The lowest BCUT2D eigenvalue weighted by Crippen LogP contribution is -2.21. The van der Waals surface area contributed by atoms with Crippen molar-refractivity contribution in [2.75, 3.05) is 35.3 Å². The molecular formula is C24H28N4O. The van der Waals surface area contributed by atoms with E-state index in [1.165, 1.54) is 5.56 Å². The third kappa shape index (κ3) is 5.35. The first-order valence-electron chi connectivity index (χ1n) is 9.98. The Hall–Kier alpha value is -3.34. The highest BCUT2D eigenvalue weighted by molar-refractivity contribution is 6.04. The quantitative estimate of drug-likeness (QED) is 0.601. The second kappa shape index (κ2) is 9.73. The molecule has 1 N–H and O–H groups in total. The summed E-state index contributed by atoms with van der Waals surface area (Å²) in [4.78, 5) is 21.3. The van der Waals surface area contributed by atoms with Gasteiger partial charge in [0.1, 0.15) is 5.82 Å². The van der Waals surface area contributed by atoms with Crippen LogP contribution in [0.25, 0.3) is 0 Å². The van der Waals surface area contributed by atoms with Crippen LogP contribution in [0.4, 0.5) is 17.2 Å². The van der Waals surface area contributed by atoms with Crippen LogP contribution in [0, 0.1) is 0 Å². The zero-order valence-electron chi connectivity index (χ0n) is 17.3. The Kier molecular flexibility index (Phi) is 6.85. The van der Waals surface area contributed by atoms with Crippen molar-refractivity contribution < 1.29 is 4.79 Å². The van der Waals surface area contributed by atoms with Crippen LogP contribution < -0.4 is 15.1 Å². The maximum Gasteiger partial charge on any atom is 0.257 e. The van der Waals surface area contributed by atoms with Crippen LogP contribution in [0.5, 0.6) is 0 Å². The van der Waals surface area contributed by atoms with Crippen molar-refractivity contribution >= 4 is 23.1 Å². The van der Waals surface area contributed by atoms with E-state index in [2.05, 4.69) is 46.1 Å². The summed E-state index contributed by atoms with van der Waals surface area (Å²) in [6.07, 6.45) is 1.62. The summed E-state index contributed by atoms with van der Waals surface area (Å²) in [5.41, 5.74) is 3.68. The summed E-state index contributed by atoms with van der Waals surface area (Å²) in [5, 5.41) is 2.94. The van der Waals surface area contributed by atoms with Crippen molar-refractivity contribution in [2.24, 2.45) is 0 Å². The molecule has 0 radical (unpaired) electrons. The lowest BCUT2D eigenvalue weighted by atomic mass is 10.2. The van der Waals surface area contributed by atoms with Gasteiger partial charge in [0.15, 0.2) is 0 Å². The molecule has 0 atom stereocenters. The molecule has 150 valence electrons. The van der Waals surface area contributed by atoms with E-state index in [-0.39, 0.29) is 5.91 Å². The van der Waals surface area contributed by atoms with Crippen molar-refractivity contribution in [1.29, 1.82) is 0 Å². The van der Waals surface area contributed by atoms with Crippen LogP contribution >= 0.6 is 0 Å². The molecule has 0 aliphatic heterocycles. The average molecular weight is 389 g/mol. The second-order valence-corrected chi connectivity index (χ2v) is 6.92. The van der Waals surface area contributed by atoms with Crippen molar-refractivity contribution in [3.63, 3.8) is 0 Å². The second-order valence-electron chi connectivity index (χ2n) is 6.92. The van der Waals surface area contributed by atoms with Crippen LogP contribution in [0.15, 0.2) is 72.9 Å². The number of carbonyl (C=O) groups is 1. The van der Waals surface area contributed by atoms with Crippen LogP contribution in [-0.4, -0.2) is 31.0 Å². The molecule has 3 aromatic rings. The van der Waals surface area contributed by atoms with Crippen LogP contribution in [0.2, 0.25) is 0 Å². The van der Waals surface area contributed by atoms with E-state index in [1.54, 1.807) is 6.20 Å². The maximum atomic E-state index is 12.5.